The second-order valence-electron chi connectivity index (χ2n) is 6.36. The van der Waals surface area contributed by atoms with Gasteiger partial charge in [-0.3, -0.25) is 9.89 Å². The van der Waals surface area contributed by atoms with Gasteiger partial charge in [0.25, 0.3) is 0 Å². The van der Waals surface area contributed by atoms with Crippen molar-refractivity contribution in [3.63, 3.8) is 0 Å². The van der Waals surface area contributed by atoms with E-state index in [9.17, 15) is 0 Å². The molecule has 5 nitrogen and oxygen atoms in total. The molecule has 2 atom stereocenters. The van der Waals surface area contributed by atoms with E-state index >= 15 is 0 Å². The number of nitrogens with one attached hydrogen (secondary N) is 2. The minimum atomic E-state index is 0.312. The van der Waals surface area contributed by atoms with Gasteiger partial charge in [0.05, 0.1) is 12.2 Å². The summed E-state index contributed by atoms with van der Waals surface area (Å²) in [5, 5.41) is 6.46. The Balaban J connectivity index is 1.83. The molecule has 1 aromatic rings. The second-order valence-corrected chi connectivity index (χ2v) is 6.36. The van der Waals surface area contributed by atoms with Gasteiger partial charge < -0.3 is 15.4 Å². The van der Waals surface area contributed by atoms with Crippen LogP contribution in [0, 0.1) is 0 Å². The quantitative estimate of drug-likeness (QED) is 0.477. The lowest BCUT2D eigenvalue weighted by atomic mass is 10.1. The molecule has 24 heavy (non-hydrogen) atoms. The van der Waals surface area contributed by atoms with Gasteiger partial charge in [0.1, 0.15) is 0 Å². The first kappa shape index (κ1) is 18.5. The summed E-state index contributed by atoms with van der Waals surface area (Å²) in [5.41, 5.74) is 2.58. The summed E-state index contributed by atoms with van der Waals surface area (Å²) in [4.78, 5) is 6.64. The average Bonchev–Trinajstić information content (AvgIpc) is 2.55. The smallest absolute Gasteiger partial charge is 0.191 e. The van der Waals surface area contributed by atoms with E-state index in [-0.39, 0.29) is 0 Å². The van der Waals surface area contributed by atoms with Crippen LogP contribution in [-0.2, 0) is 17.8 Å². The highest BCUT2D eigenvalue weighted by Crippen LogP contribution is 2.14. The molecule has 2 rings (SSSR count). The average molecular weight is 330 g/mol. The summed E-state index contributed by atoms with van der Waals surface area (Å²) in [7, 11) is 1.77. The van der Waals surface area contributed by atoms with Crippen LogP contribution >= 0.6 is 0 Å². The van der Waals surface area contributed by atoms with Crippen molar-refractivity contribution in [3.05, 3.63) is 48.0 Å². The van der Waals surface area contributed by atoms with Crippen LogP contribution in [0.25, 0.3) is 0 Å². The van der Waals surface area contributed by atoms with E-state index in [1.165, 1.54) is 11.1 Å². The van der Waals surface area contributed by atoms with Crippen molar-refractivity contribution in [2.24, 2.45) is 4.99 Å². The van der Waals surface area contributed by atoms with E-state index in [4.69, 9.17) is 4.74 Å². The number of rotatable bonds is 6. The third kappa shape index (κ3) is 5.98. The largest absolute Gasteiger partial charge is 0.373 e. The first-order valence-electron chi connectivity index (χ1n) is 8.61. The maximum Gasteiger partial charge on any atom is 0.191 e. The fraction of sp³-hybridized carbons (Fsp3) is 0.526. The minimum absolute atomic E-state index is 0.312. The lowest BCUT2D eigenvalue weighted by Gasteiger charge is -2.35. The Morgan fingerprint density at radius 2 is 1.83 bits per heavy atom. The molecule has 1 aliphatic heterocycles. The highest BCUT2D eigenvalue weighted by Gasteiger charge is 2.21. The highest BCUT2D eigenvalue weighted by atomic mass is 16.5. The predicted octanol–water partition coefficient (Wildman–Crippen LogP) is 2.15. The van der Waals surface area contributed by atoms with Gasteiger partial charge in [0, 0.05) is 39.8 Å². The summed E-state index contributed by atoms with van der Waals surface area (Å²) in [5.74, 6) is 0.787. The SMILES string of the molecule is C=CCNC(=NC)NCc1ccc(CN2CC(C)OC(C)C2)cc1. The van der Waals surface area contributed by atoms with Gasteiger partial charge in [-0.2, -0.15) is 0 Å². The van der Waals surface area contributed by atoms with Crippen LogP contribution in [0.15, 0.2) is 41.9 Å². The summed E-state index contributed by atoms with van der Waals surface area (Å²) in [6.07, 6.45) is 2.44. The maximum atomic E-state index is 5.79. The zero-order valence-corrected chi connectivity index (χ0v) is 15.1. The maximum absolute atomic E-state index is 5.79. The Kier molecular flexibility index (Phi) is 7.28. The predicted molar refractivity (Wildman–Crippen MR) is 100 cm³/mol. The van der Waals surface area contributed by atoms with Gasteiger partial charge >= 0.3 is 0 Å². The Hall–Kier alpha value is -1.85. The topological polar surface area (TPSA) is 48.9 Å². The number of aliphatic imine (C=N–C) groups is 1. The molecule has 1 heterocycles. The summed E-state index contributed by atoms with van der Waals surface area (Å²) in [6, 6.07) is 8.77. The standard InChI is InChI=1S/C19H30N4O/c1-5-10-21-19(20-4)22-11-17-6-8-18(9-7-17)14-23-12-15(2)24-16(3)13-23/h5-9,15-16H,1,10-14H2,2-4H3,(H2,20,21,22). The van der Waals surface area contributed by atoms with Crippen molar-refractivity contribution in [3.8, 4) is 0 Å². The minimum Gasteiger partial charge on any atom is -0.373 e. The van der Waals surface area contributed by atoms with E-state index in [2.05, 4.69) is 65.2 Å². The first-order valence-corrected chi connectivity index (χ1v) is 8.61. The lowest BCUT2D eigenvalue weighted by Crippen LogP contribution is -2.44. The van der Waals surface area contributed by atoms with Crippen LogP contribution < -0.4 is 10.6 Å². The lowest BCUT2D eigenvalue weighted by molar-refractivity contribution is -0.0704. The van der Waals surface area contributed by atoms with Gasteiger partial charge in [0.15, 0.2) is 5.96 Å². The van der Waals surface area contributed by atoms with E-state index in [1.54, 1.807) is 7.05 Å². The molecule has 0 bridgehead atoms. The van der Waals surface area contributed by atoms with E-state index in [0.29, 0.717) is 18.8 Å². The van der Waals surface area contributed by atoms with Crippen molar-refractivity contribution < 1.29 is 4.74 Å². The van der Waals surface area contributed by atoms with Gasteiger partial charge in [0.2, 0.25) is 0 Å². The summed E-state index contributed by atoms with van der Waals surface area (Å²) in [6.45, 7) is 12.4. The number of ether oxygens (including phenoxy) is 1. The molecular weight excluding hydrogens is 300 g/mol. The van der Waals surface area contributed by atoms with E-state index in [1.807, 2.05) is 6.08 Å². The Bertz CT molecular complexity index is 531. The monoisotopic (exact) mass is 330 g/mol. The van der Waals surface area contributed by atoms with Crippen molar-refractivity contribution in [2.45, 2.75) is 39.1 Å². The van der Waals surface area contributed by atoms with Crippen molar-refractivity contribution in [1.29, 1.82) is 0 Å². The molecule has 1 saturated heterocycles. The van der Waals surface area contributed by atoms with E-state index < -0.39 is 0 Å². The van der Waals surface area contributed by atoms with Crippen molar-refractivity contribution in [1.82, 2.24) is 15.5 Å². The molecule has 0 aliphatic carbocycles. The fourth-order valence-electron chi connectivity index (χ4n) is 3.01. The molecule has 0 amide bonds. The molecule has 2 N–H and O–H groups in total. The van der Waals surface area contributed by atoms with Crippen LogP contribution in [0.1, 0.15) is 25.0 Å². The zero-order valence-electron chi connectivity index (χ0n) is 15.1. The van der Waals surface area contributed by atoms with Crippen LogP contribution in [0.2, 0.25) is 0 Å². The van der Waals surface area contributed by atoms with Gasteiger partial charge in [-0.25, -0.2) is 0 Å². The molecule has 0 radical (unpaired) electrons. The molecule has 0 spiro atoms. The van der Waals surface area contributed by atoms with Crippen molar-refractivity contribution in [2.75, 3.05) is 26.7 Å². The number of hydrogen-bond acceptors (Lipinski definition) is 3. The highest BCUT2D eigenvalue weighted by molar-refractivity contribution is 5.79. The van der Waals surface area contributed by atoms with Gasteiger partial charge in [-0.05, 0) is 25.0 Å². The molecule has 1 aromatic carbocycles. The molecule has 5 heteroatoms. The van der Waals surface area contributed by atoms with Crippen LogP contribution in [0.5, 0.6) is 0 Å². The number of nitrogens with zero attached hydrogens (tertiary/aromatic N) is 2. The first-order chi connectivity index (χ1) is 11.6. The van der Waals surface area contributed by atoms with Crippen LogP contribution in [0.3, 0.4) is 0 Å². The third-order valence-corrected chi connectivity index (χ3v) is 4.02. The van der Waals surface area contributed by atoms with Gasteiger partial charge in [-0.1, -0.05) is 30.3 Å². The third-order valence-electron chi connectivity index (χ3n) is 4.02. The molecule has 1 fully saturated rings. The number of morpholine rings is 1. The zero-order chi connectivity index (χ0) is 17.4. The molecule has 0 aromatic heterocycles. The van der Waals surface area contributed by atoms with Crippen molar-refractivity contribution >= 4 is 5.96 Å². The van der Waals surface area contributed by atoms with E-state index in [0.717, 1.165) is 32.1 Å². The summed E-state index contributed by atoms with van der Waals surface area (Å²) < 4.78 is 5.79. The normalized spacial score (nSPS) is 22.2. The van der Waals surface area contributed by atoms with Gasteiger partial charge in [-0.15, -0.1) is 6.58 Å². The fourth-order valence-corrected chi connectivity index (χ4v) is 3.01. The molecule has 1 aliphatic rings. The molecular formula is C19H30N4O. The number of hydrogen-bond donors (Lipinski definition) is 2. The molecule has 2 unspecified atom stereocenters. The Labute approximate surface area is 145 Å². The summed E-state index contributed by atoms with van der Waals surface area (Å²) >= 11 is 0. The molecule has 132 valence electrons. The number of benzene rings is 1. The Morgan fingerprint density at radius 1 is 1.21 bits per heavy atom. The van der Waals surface area contributed by atoms with Crippen LogP contribution in [-0.4, -0.2) is 49.7 Å². The number of guanidine groups is 1. The molecule has 0 saturated carbocycles. The van der Waals surface area contributed by atoms with Crippen LogP contribution in [0.4, 0.5) is 0 Å². The Morgan fingerprint density at radius 3 is 2.42 bits per heavy atom. The second kappa shape index (κ2) is 9.45.